The Morgan fingerprint density at radius 3 is 3.00 bits per heavy atom. The number of methoxy groups -OCH3 is 1. The maximum atomic E-state index is 12.7. The average molecular weight is 383 g/mol. The first-order valence-electron chi connectivity index (χ1n) is 9.74. The van der Waals surface area contributed by atoms with Gasteiger partial charge in [-0.25, -0.2) is 9.97 Å². The van der Waals surface area contributed by atoms with E-state index in [-0.39, 0.29) is 28.6 Å². The lowest BCUT2D eigenvalue weighted by Crippen LogP contribution is -2.42. The van der Waals surface area contributed by atoms with Crippen molar-refractivity contribution in [2.24, 2.45) is 0 Å². The van der Waals surface area contributed by atoms with Crippen LogP contribution in [-0.4, -0.2) is 45.1 Å². The number of hydrogen-bond donors (Lipinski definition) is 3. The number of nitrogens with one attached hydrogen (secondary N) is 3. The van der Waals surface area contributed by atoms with E-state index in [2.05, 4.69) is 31.0 Å². The average Bonchev–Trinajstić information content (AvgIpc) is 3.11. The highest BCUT2D eigenvalue weighted by molar-refractivity contribution is 6.00. The first kappa shape index (κ1) is 15.2. The molecule has 3 heterocycles. The molecule has 3 N–H and O–H groups in total. The summed E-state index contributed by atoms with van der Waals surface area (Å²) in [5.41, 5.74) is -0.422. The molecule has 0 aromatic carbocycles. The van der Waals surface area contributed by atoms with Gasteiger partial charge in [-0.2, -0.15) is 14.9 Å². The van der Waals surface area contributed by atoms with Crippen LogP contribution < -0.4 is 20.7 Å². The summed E-state index contributed by atoms with van der Waals surface area (Å²) in [4.78, 5) is 21.1. The number of ether oxygens (including phenoxy) is 1. The Morgan fingerprint density at radius 2 is 2.29 bits per heavy atom. The monoisotopic (exact) mass is 383 g/mol. The fourth-order valence-corrected chi connectivity index (χ4v) is 2.45. The summed E-state index contributed by atoms with van der Waals surface area (Å²) in [7, 11) is -1.01. The fraction of sp³-hybridized carbons (Fsp3) is 0.278. The fourth-order valence-electron chi connectivity index (χ4n) is 2.45. The van der Waals surface area contributed by atoms with Gasteiger partial charge < -0.3 is 20.7 Å². The van der Waals surface area contributed by atoms with Gasteiger partial charge in [0.15, 0.2) is 5.65 Å². The van der Waals surface area contributed by atoms with Gasteiger partial charge in [-0.05, 0) is 26.0 Å². The SMILES string of the molecule is [2H]C([2H])([2H])Oc1ncccc1Nc1cc(NC)n2ncc(C(=O)NC(C)(C)C#N)c2n1. The number of carbonyl (C=O) groups is 1. The number of nitrogens with zero attached hydrogens (tertiary/aromatic N) is 5. The van der Waals surface area contributed by atoms with Gasteiger partial charge >= 0.3 is 0 Å². The van der Waals surface area contributed by atoms with Crippen LogP contribution in [0.5, 0.6) is 5.88 Å². The van der Waals surface area contributed by atoms with Crippen molar-refractivity contribution in [3.8, 4) is 11.9 Å². The minimum absolute atomic E-state index is 0.127. The lowest BCUT2D eigenvalue weighted by atomic mass is 10.1. The second kappa shape index (κ2) is 7.40. The molecular weight excluding hydrogens is 360 g/mol. The number of aromatic nitrogens is 4. The van der Waals surface area contributed by atoms with Gasteiger partial charge in [0.25, 0.3) is 5.91 Å². The molecule has 0 aliphatic rings. The zero-order valence-electron chi connectivity index (χ0n) is 18.4. The van der Waals surface area contributed by atoms with Crippen molar-refractivity contribution < 1.29 is 13.6 Å². The molecule has 0 atom stereocenters. The first-order valence-corrected chi connectivity index (χ1v) is 8.24. The number of carbonyl (C=O) groups excluding carboxylic acids is 1. The molecule has 144 valence electrons. The molecule has 3 aromatic rings. The van der Waals surface area contributed by atoms with Gasteiger partial charge in [0.1, 0.15) is 28.4 Å². The van der Waals surface area contributed by atoms with E-state index in [0.717, 1.165) is 0 Å². The lowest BCUT2D eigenvalue weighted by molar-refractivity contribution is 0.0930. The third-order valence-electron chi connectivity index (χ3n) is 3.81. The second-order valence-electron chi connectivity index (χ2n) is 6.34. The maximum Gasteiger partial charge on any atom is 0.257 e. The standard InChI is InChI=1S/C18H20N8O2/c1-18(2,10-19)25-16(27)11-9-22-26-14(20-3)8-13(24-15(11)26)23-12-6-5-7-21-17(12)28-4/h5-9,20H,1-4H3,(H,23,24)(H,25,27)/i4D3. The summed E-state index contributed by atoms with van der Waals surface area (Å²) < 4.78 is 28.3. The van der Waals surface area contributed by atoms with Gasteiger partial charge in [0, 0.05) is 19.3 Å². The number of pyridine rings is 1. The molecule has 1 amide bonds. The summed E-state index contributed by atoms with van der Waals surface area (Å²) >= 11 is 0. The van der Waals surface area contributed by atoms with Crippen molar-refractivity contribution in [2.75, 3.05) is 24.7 Å². The predicted molar refractivity (Wildman–Crippen MR) is 104 cm³/mol. The number of fused-ring (bicyclic) bond motifs is 1. The molecule has 0 radical (unpaired) electrons. The van der Waals surface area contributed by atoms with Gasteiger partial charge in [-0.3, -0.25) is 4.79 Å². The van der Waals surface area contributed by atoms with Crippen LogP contribution in [0.15, 0.2) is 30.6 Å². The van der Waals surface area contributed by atoms with Crippen molar-refractivity contribution >= 4 is 28.9 Å². The Kier molecular flexibility index (Phi) is 4.02. The van der Waals surface area contributed by atoms with E-state index in [1.54, 1.807) is 39.1 Å². The van der Waals surface area contributed by atoms with Crippen molar-refractivity contribution in [1.82, 2.24) is 24.9 Å². The molecule has 0 fully saturated rings. The minimum atomic E-state index is -2.68. The van der Waals surface area contributed by atoms with E-state index >= 15 is 0 Å². The third-order valence-corrected chi connectivity index (χ3v) is 3.81. The first-order chi connectivity index (χ1) is 14.5. The van der Waals surface area contributed by atoms with E-state index < -0.39 is 18.5 Å². The molecule has 0 saturated heterocycles. The lowest BCUT2D eigenvalue weighted by Gasteiger charge is -2.17. The Balaban J connectivity index is 2.02. The van der Waals surface area contributed by atoms with E-state index in [4.69, 9.17) is 8.85 Å². The van der Waals surface area contributed by atoms with Crippen LogP contribution in [0.4, 0.5) is 17.3 Å². The van der Waals surface area contributed by atoms with E-state index in [9.17, 15) is 10.1 Å². The highest BCUT2D eigenvalue weighted by Gasteiger charge is 2.24. The smallest absolute Gasteiger partial charge is 0.257 e. The van der Waals surface area contributed by atoms with Crippen LogP contribution >= 0.6 is 0 Å². The summed E-state index contributed by atoms with van der Waals surface area (Å²) in [5, 5.41) is 21.9. The summed E-state index contributed by atoms with van der Waals surface area (Å²) in [6, 6.07) is 6.81. The summed E-state index contributed by atoms with van der Waals surface area (Å²) in [6.07, 6.45) is 2.75. The van der Waals surface area contributed by atoms with Crippen molar-refractivity contribution in [3.05, 3.63) is 36.2 Å². The molecular formula is C18H20N8O2. The van der Waals surface area contributed by atoms with Gasteiger partial charge in [-0.15, -0.1) is 0 Å². The number of rotatable bonds is 6. The van der Waals surface area contributed by atoms with Crippen LogP contribution in [0.3, 0.4) is 0 Å². The van der Waals surface area contributed by atoms with E-state index in [1.807, 2.05) is 6.07 Å². The summed E-state index contributed by atoms with van der Waals surface area (Å²) in [5.74, 6) is 0.154. The van der Waals surface area contributed by atoms with Crippen molar-refractivity contribution in [3.63, 3.8) is 0 Å². The molecule has 3 aromatic heterocycles. The van der Waals surface area contributed by atoms with Crippen molar-refractivity contribution in [2.45, 2.75) is 19.4 Å². The highest BCUT2D eigenvalue weighted by Crippen LogP contribution is 2.26. The van der Waals surface area contributed by atoms with Crippen LogP contribution in [0.1, 0.15) is 28.3 Å². The predicted octanol–water partition coefficient (Wildman–Crippen LogP) is 1.95. The van der Waals surface area contributed by atoms with Crippen LogP contribution in [0.2, 0.25) is 0 Å². The normalized spacial score (nSPS) is 13.0. The van der Waals surface area contributed by atoms with Crippen LogP contribution in [0, 0.1) is 11.3 Å². The summed E-state index contributed by atoms with van der Waals surface area (Å²) in [6.45, 7) is 3.15. The van der Waals surface area contributed by atoms with E-state index in [1.165, 1.54) is 16.9 Å². The zero-order chi connectivity index (χ0) is 22.8. The minimum Gasteiger partial charge on any atom is -0.480 e. The largest absolute Gasteiger partial charge is 0.480 e. The quantitative estimate of drug-likeness (QED) is 0.589. The molecule has 0 unspecified atom stereocenters. The Morgan fingerprint density at radius 1 is 1.46 bits per heavy atom. The van der Waals surface area contributed by atoms with E-state index in [0.29, 0.717) is 5.82 Å². The van der Waals surface area contributed by atoms with Gasteiger partial charge in [0.2, 0.25) is 5.88 Å². The van der Waals surface area contributed by atoms with Gasteiger partial charge in [0.05, 0.1) is 23.4 Å². The number of nitriles is 1. The molecule has 10 heteroatoms. The molecule has 0 aliphatic carbocycles. The van der Waals surface area contributed by atoms with Gasteiger partial charge in [-0.1, -0.05) is 0 Å². The molecule has 10 nitrogen and oxygen atoms in total. The molecule has 0 saturated carbocycles. The topological polar surface area (TPSA) is 129 Å². The second-order valence-corrected chi connectivity index (χ2v) is 6.34. The number of amides is 1. The number of anilines is 3. The molecule has 0 aliphatic heterocycles. The Labute approximate surface area is 165 Å². The zero-order valence-corrected chi connectivity index (χ0v) is 15.4. The molecule has 28 heavy (non-hydrogen) atoms. The molecule has 0 bridgehead atoms. The Hall–Kier alpha value is -3.87. The van der Waals surface area contributed by atoms with Crippen LogP contribution in [-0.2, 0) is 0 Å². The van der Waals surface area contributed by atoms with Crippen LogP contribution in [0.25, 0.3) is 5.65 Å². The Bertz CT molecular complexity index is 1170. The number of hydrogen-bond acceptors (Lipinski definition) is 8. The van der Waals surface area contributed by atoms with Crippen molar-refractivity contribution in [1.29, 1.82) is 5.26 Å². The highest BCUT2D eigenvalue weighted by atomic mass is 16.5. The maximum absolute atomic E-state index is 12.7. The molecule has 3 rings (SSSR count). The third kappa shape index (κ3) is 3.64. The molecule has 0 spiro atoms.